The molecule has 1 N–H and O–H groups in total. The molecule has 0 fully saturated rings. The molecule has 27 heavy (non-hydrogen) atoms. The normalized spacial score (nSPS) is 10.6. The molecule has 0 bridgehead atoms. The van der Waals surface area contributed by atoms with Crippen molar-refractivity contribution < 1.29 is 9.90 Å². The molecule has 0 spiro atoms. The van der Waals surface area contributed by atoms with Gasteiger partial charge in [0.15, 0.2) is 0 Å². The van der Waals surface area contributed by atoms with Gasteiger partial charge in [-0.15, -0.1) is 0 Å². The van der Waals surface area contributed by atoms with Crippen LogP contribution < -0.4 is 0 Å². The molecular weight excluding hydrogens is 364 g/mol. The number of carbonyl (C=O) groups is 1. The van der Waals surface area contributed by atoms with Crippen LogP contribution in [-0.4, -0.2) is 33.5 Å². The van der Waals surface area contributed by atoms with E-state index in [-0.39, 0.29) is 6.42 Å². The van der Waals surface area contributed by atoms with Gasteiger partial charge in [0.05, 0.1) is 30.2 Å². The maximum atomic E-state index is 10.2. The standard InChI is InChI=1S/C12H10N4.C8H7ClO2/c1-3-7-13-11(5-1)9-15-16-10-12-6-2-4-8-14-12;9-7-3-1-6(2-4-7)5-8(10)11/h1-10H;1-4H,5H2,(H,10,11)/b15-9+,16-10+;. The molecule has 3 aromatic rings. The van der Waals surface area contributed by atoms with Crippen molar-refractivity contribution in [2.24, 2.45) is 10.2 Å². The van der Waals surface area contributed by atoms with Gasteiger partial charge in [-0.25, -0.2) is 0 Å². The summed E-state index contributed by atoms with van der Waals surface area (Å²) in [4.78, 5) is 18.4. The van der Waals surface area contributed by atoms with E-state index in [9.17, 15) is 4.79 Å². The summed E-state index contributed by atoms with van der Waals surface area (Å²) < 4.78 is 0. The zero-order valence-electron chi connectivity index (χ0n) is 14.3. The SMILES string of the molecule is C(=N\N=C\c1ccccn1)/c1ccccn1.O=C(O)Cc1ccc(Cl)cc1. The highest BCUT2D eigenvalue weighted by Gasteiger charge is 1.98. The van der Waals surface area contributed by atoms with Crippen LogP contribution in [0.1, 0.15) is 17.0 Å². The van der Waals surface area contributed by atoms with Gasteiger partial charge in [0, 0.05) is 17.4 Å². The summed E-state index contributed by atoms with van der Waals surface area (Å²) in [6.45, 7) is 0. The molecule has 136 valence electrons. The molecule has 2 heterocycles. The summed E-state index contributed by atoms with van der Waals surface area (Å²) in [7, 11) is 0. The first-order valence-corrected chi connectivity index (χ1v) is 8.36. The second-order valence-electron chi connectivity index (χ2n) is 5.20. The molecule has 0 aliphatic carbocycles. The smallest absolute Gasteiger partial charge is 0.307 e. The first-order chi connectivity index (χ1) is 13.1. The van der Waals surface area contributed by atoms with Gasteiger partial charge >= 0.3 is 5.97 Å². The fraction of sp³-hybridized carbons (Fsp3) is 0.0500. The summed E-state index contributed by atoms with van der Waals surface area (Å²) in [5.41, 5.74) is 2.32. The Balaban J connectivity index is 0.000000208. The minimum atomic E-state index is -0.827. The van der Waals surface area contributed by atoms with Gasteiger partial charge in [-0.3, -0.25) is 14.8 Å². The van der Waals surface area contributed by atoms with Crippen molar-refractivity contribution in [1.29, 1.82) is 0 Å². The average molecular weight is 381 g/mol. The Morgan fingerprint density at radius 3 is 1.81 bits per heavy atom. The highest BCUT2D eigenvalue weighted by atomic mass is 35.5. The van der Waals surface area contributed by atoms with Crippen LogP contribution in [0.25, 0.3) is 0 Å². The van der Waals surface area contributed by atoms with Gasteiger partial charge in [-0.2, -0.15) is 10.2 Å². The fourth-order valence-corrected chi connectivity index (χ4v) is 1.99. The van der Waals surface area contributed by atoms with Gasteiger partial charge in [-0.1, -0.05) is 35.9 Å². The third kappa shape index (κ3) is 8.51. The monoisotopic (exact) mass is 380 g/mol. The van der Waals surface area contributed by atoms with Crippen LogP contribution in [0.2, 0.25) is 5.02 Å². The molecule has 2 aromatic heterocycles. The van der Waals surface area contributed by atoms with Gasteiger partial charge in [-0.05, 0) is 42.0 Å². The highest BCUT2D eigenvalue weighted by molar-refractivity contribution is 6.30. The van der Waals surface area contributed by atoms with Crippen LogP contribution >= 0.6 is 11.6 Å². The number of nitrogens with zero attached hydrogens (tertiary/aromatic N) is 4. The van der Waals surface area contributed by atoms with E-state index >= 15 is 0 Å². The van der Waals surface area contributed by atoms with E-state index in [1.807, 2.05) is 36.4 Å². The molecule has 0 aliphatic heterocycles. The van der Waals surface area contributed by atoms with E-state index in [0.29, 0.717) is 5.02 Å². The van der Waals surface area contributed by atoms with Gasteiger partial charge in [0.1, 0.15) is 0 Å². The molecule has 3 rings (SSSR count). The van der Waals surface area contributed by atoms with Crippen molar-refractivity contribution in [3.8, 4) is 0 Å². The number of rotatable bonds is 5. The largest absolute Gasteiger partial charge is 0.481 e. The predicted octanol–water partition coefficient (Wildman–Crippen LogP) is 3.90. The lowest BCUT2D eigenvalue weighted by atomic mass is 10.2. The zero-order chi connectivity index (χ0) is 19.3. The molecule has 0 atom stereocenters. The Morgan fingerprint density at radius 2 is 1.41 bits per heavy atom. The second-order valence-corrected chi connectivity index (χ2v) is 5.63. The molecule has 0 unspecified atom stereocenters. The fourth-order valence-electron chi connectivity index (χ4n) is 1.87. The zero-order valence-corrected chi connectivity index (χ0v) is 15.1. The molecule has 0 aliphatic rings. The van der Waals surface area contributed by atoms with Crippen molar-refractivity contribution in [3.63, 3.8) is 0 Å². The second kappa shape index (κ2) is 11.3. The number of pyridine rings is 2. The highest BCUT2D eigenvalue weighted by Crippen LogP contribution is 2.09. The van der Waals surface area contributed by atoms with Crippen molar-refractivity contribution in [2.45, 2.75) is 6.42 Å². The summed E-state index contributed by atoms with van der Waals surface area (Å²) in [5, 5.41) is 16.8. The van der Waals surface area contributed by atoms with Crippen LogP contribution in [0.4, 0.5) is 0 Å². The van der Waals surface area contributed by atoms with E-state index < -0.39 is 5.97 Å². The number of aromatic nitrogens is 2. The maximum absolute atomic E-state index is 10.2. The Bertz CT molecular complexity index is 835. The van der Waals surface area contributed by atoms with Crippen molar-refractivity contribution >= 4 is 30.0 Å². The van der Waals surface area contributed by atoms with E-state index in [2.05, 4.69) is 20.2 Å². The molecule has 6 nitrogen and oxygen atoms in total. The van der Waals surface area contributed by atoms with Crippen LogP contribution in [0.3, 0.4) is 0 Å². The molecular formula is C20H17ClN4O2. The maximum Gasteiger partial charge on any atom is 0.307 e. The number of halogens is 1. The lowest BCUT2D eigenvalue weighted by Crippen LogP contribution is -1.99. The number of hydrogen-bond acceptors (Lipinski definition) is 5. The van der Waals surface area contributed by atoms with Crippen LogP contribution in [-0.2, 0) is 11.2 Å². The molecule has 0 saturated heterocycles. The Kier molecular flexibility index (Phi) is 8.33. The van der Waals surface area contributed by atoms with Crippen molar-refractivity contribution in [1.82, 2.24) is 9.97 Å². The number of carboxylic acids is 1. The lowest BCUT2D eigenvalue weighted by molar-refractivity contribution is -0.136. The third-order valence-electron chi connectivity index (χ3n) is 3.09. The number of hydrogen-bond donors (Lipinski definition) is 1. The quantitative estimate of drug-likeness (QED) is 0.537. The topological polar surface area (TPSA) is 87.8 Å². The van der Waals surface area contributed by atoms with Gasteiger partial charge < -0.3 is 5.11 Å². The van der Waals surface area contributed by atoms with E-state index in [0.717, 1.165) is 17.0 Å². The average Bonchev–Trinajstić information content (AvgIpc) is 2.69. The minimum absolute atomic E-state index is 0.0527. The Hall–Kier alpha value is -3.38. The molecule has 0 amide bonds. The van der Waals surface area contributed by atoms with E-state index in [1.165, 1.54) is 0 Å². The number of benzene rings is 1. The summed E-state index contributed by atoms with van der Waals surface area (Å²) >= 11 is 5.60. The van der Waals surface area contributed by atoms with E-state index in [4.69, 9.17) is 16.7 Å². The molecule has 0 saturated carbocycles. The number of aliphatic carboxylic acids is 1. The van der Waals surface area contributed by atoms with Gasteiger partial charge in [0.2, 0.25) is 0 Å². The van der Waals surface area contributed by atoms with Crippen LogP contribution in [0, 0.1) is 0 Å². The minimum Gasteiger partial charge on any atom is -0.481 e. The summed E-state index contributed by atoms with van der Waals surface area (Å²) in [5.74, 6) is -0.827. The summed E-state index contributed by atoms with van der Waals surface area (Å²) in [6, 6.07) is 18.0. The van der Waals surface area contributed by atoms with Crippen molar-refractivity contribution in [2.75, 3.05) is 0 Å². The van der Waals surface area contributed by atoms with Crippen LogP contribution in [0.15, 0.2) is 83.3 Å². The number of carboxylic acid groups (broad SMARTS) is 1. The molecule has 1 aromatic carbocycles. The van der Waals surface area contributed by atoms with E-state index in [1.54, 1.807) is 49.1 Å². The third-order valence-corrected chi connectivity index (χ3v) is 3.34. The first kappa shape index (κ1) is 19.9. The Morgan fingerprint density at radius 1 is 0.889 bits per heavy atom. The first-order valence-electron chi connectivity index (χ1n) is 7.98. The Labute approximate surface area is 161 Å². The lowest BCUT2D eigenvalue weighted by Gasteiger charge is -1.95. The van der Waals surface area contributed by atoms with Gasteiger partial charge in [0.25, 0.3) is 0 Å². The van der Waals surface area contributed by atoms with Crippen LogP contribution in [0.5, 0.6) is 0 Å². The molecule has 7 heteroatoms. The summed E-state index contributed by atoms with van der Waals surface area (Å²) in [6.07, 6.45) is 6.67. The van der Waals surface area contributed by atoms with Crippen molar-refractivity contribution in [3.05, 3.63) is 95.0 Å². The molecule has 0 radical (unpaired) electrons. The predicted molar refractivity (Wildman–Crippen MR) is 106 cm³/mol.